The molecule has 0 bridgehead atoms. The van der Waals surface area contributed by atoms with Crippen molar-refractivity contribution in [2.75, 3.05) is 48.9 Å². The Morgan fingerprint density at radius 1 is 0.686 bits per heavy atom. The Hall–Kier alpha value is -5.99. The molecule has 5 N–H and O–H groups in total. The fourth-order valence-corrected chi connectivity index (χ4v) is 4.68. The zero-order valence-electron chi connectivity index (χ0n) is 27.6. The maximum Gasteiger partial charge on any atom is 0.251 e. The highest BCUT2D eigenvalue weighted by molar-refractivity contribution is 5.96. The molecule has 0 fully saturated rings. The Balaban J connectivity index is 1.10. The highest BCUT2D eigenvalue weighted by Crippen LogP contribution is 2.21. The second kappa shape index (κ2) is 18.7. The number of benzene rings is 4. The predicted molar refractivity (Wildman–Crippen MR) is 189 cm³/mol. The molecule has 5 aromatic rings. The second-order valence-electron chi connectivity index (χ2n) is 11.1. The molecule has 0 spiro atoms. The zero-order chi connectivity index (χ0) is 35.8. The molecule has 51 heavy (non-hydrogen) atoms. The lowest BCUT2D eigenvalue weighted by molar-refractivity contribution is 0.0497. The molecule has 1 heterocycles. The summed E-state index contributed by atoms with van der Waals surface area (Å²) >= 11 is 0. The van der Waals surface area contributed by atoms with Crippen molar-refractivity contribution in [3.8, 4) is 5.75 Å². The Bertz CT molecular complexity index is 1880. The Kier molecular flexibility index (Phi) is 13.3. The largest absolute Gasteiger partial charge is 0.508 e. The molecule has 264 valence electrons. The van der Waals surface area contributed by atoms with Crippen LogP contribution in [-0.2, 0) is 16.0 Å². The Morgan fingerprint density at radius 3 is 1.98 bits per heavy atom. The minimum Gasteiger partial charge on any atom is -0.508 e. The van der Waals surface area contributed by atoms with Crippen LogP contribution < -0.4 is 21.3 Å². The van der Waals surface area contributed by atoms with Gasteiger partial charge in [-0.3, -0.25) is 9.59 Å². The first-order valence-electron chi connectivity index (χ1n) is 16.2. The van der Waals surface area contributed by atoms with Gasteiger partial charge in [0.1, 0.15) is 17.4 Å². The summed E-state index contributed by atoms with van der Waals surface area (Å²) in [5.41, 5.74) is 2.42. The van der Waals surface area contributed by atoms with E-state index in [2.05, 4.69) is 36.2 Å². The van der Waals surface area contributed by atoms with Crippen molar-refractivity contribution in [1.82, 2.24) is 20.3 Å². The Morgan fingerprint density at radius 2 is 1.31 bits per heavy atom. The van der Waals surface area contributed by atoms with E-state index in [0.717, 1.165) is 12.1 Å². The van der Waals surface area contributed by atoms with Crippen molar-refractivity contribution in [2.45, 2.75) is 19.4 Å². The minimum absolute atomic E-state index is 0.0950. The van der Waals surface area contributed by atoms with E-state index in [-0.39, 0.29) is 41.5 Å². The number of hydrogen-bond donors (Lipinski definition) is 5. The van der Waals surface area contributed by atoms with Crippen molar-refractivity contribution in [2.24, 2.45) is 0 Å². The van der Waals surface area contributed by atoms with Crippen LogP contribution in [0, 0.1) is 11.6 Å². The molecule has 0 aliphatic heterocycles. The number of aromatic nitrogens is 3. The van der Waals surface area contributed by atoms with Gasteiger partial charge in [-0.25, -0.2) is 8.78 Å². The number of aromatic hydroxyl groups is 1. The lowest BCUT2D eigenvalue weighted by Crippen LogP contribution is -2.23. The van der Waals surface area contributed by atoms with E-state index < -0.39 is 17.5 Å². The van der Waals surface area contributed by atoms with Crippen LogP contribution in [0.25, 0.3) is 0 Å². The number of phenols is 1. The van der Waals surface area contributed by atoms with Gasteiger partial charge in [-0.05, 0) is 61.0 Å². The number of carbonyl (C=O) groups excluding carboxylic acids is 2. The fourth-order valence-electron chi connectivity index (χ4n) is 4.68. The summed E-state index contributed by atoms with van der Waals surface area (Å²) < 4.78 is 38.3. The molecule has 0 aliphatic rings. The van der Waals surface area contributed by atoms with E-state index in [1.807, 2.05) is 30.3 Å². The van der Waals surface area contributed by atoms with Crippen LogP contribution in [0.2, 0.25) is 0 Å². The molecular weight excluding hydrogens is 660 g/mol. The van der Waals surface area contributed by atoms with Crippen LogP contribution in [0.4, 0.5) is 38.0 Å². The van der Waals surface area contributed by atoms with Crippen LogP contribution in [0.5, 0.6) is 5.75 Å². The summed E-state index contributed by atoms with van der Waals surface area (Å²) in [6.07, 6.45) is 1.05. The van der Waals surface area contributed by atoms with Crippen molar-refractivity contribution >= 4 is 40.9 Å². The van der Waals surface area contributed by atoms with Gasteiger partial charge in [0.15, 0.2) is 5.78 Å². The molecule has 5 rings (SSSR count). The highest BCUT2D eigenvalue weighted by Gasteiger charge is 2.11. The third kappa shape index (κ3) is 11.8. The topological polar surface area (TPSA) is 160 Å². The van der Waals surface area contributed by atoms with Crippen LogP contribution >= 0.6 is 0 Å². The number of ether oxygens (including phenoxy) is 2. The van der Waals surface area contributed by atoms with Crippen LogP contribution in [-0.4, -0.2) is 64.7 Å². The molecule has 0 radical (unpaired) electrons. The number of hydrogen-bond acceptors (Lipinski definition) is 11. The molecule has 12 nitrogen and oxygen atoms in total. The molecule has 4 aromatic carbocycles. The summed E-state index contributed by atoms with van der Waals surface area (Å²) in [6.45, 7) is 1.88. The Labute approximate surface area is 293 Å². The van der Waals surface area contributed by atoms with Gasteiger partial charge in [-0.2, -0.15) is 15.0 Å². The normalized spacial score (nSPS) is 10.8. The fraction of sp³-hybridized carbons (Fsp3) is 0.216. The van der Waals surface area contributed by atoms with Crippen LogP contribution in [0.15, 0.2) is 97.1 Å². The summed E-state index contributed by atoms with van der Waals surface area (Å²) in [4.78, 5) is 38.1. The molecule has 1 aromatic heterocycles. The number of halogens is 2. The van der Waals surface area contributed by atoms with Gasteiger partial charge in [0.2, 0.25) is 17.8 Å². The van der Waals surface area contributed by atoms with Gasteiger partial charge in [-0.1, -0.05) is 36.4 Å². The molecule has 0 saturated heterocycles. The first-order chi connectivity index (χ1) is 24.8. The van der Waals surface area contributed by atoms with Crippen LogP contribution in [0.3, 0.4) is 0 Å². The van der Waals surface area contributed by atoms with E-state index in [1.54, 1.807) is 36.4 Å². The maximum absolute atomic E-state index is 13.9. The lowest BCUT2D eigenvalue weighted by atomic mass is 10.1. The number of rotatable bonds is 19. The summed E-state index contributed by atoms with van der Waals surface area (Å²) in [5.74, 6) is -0.950. The first-order valence-corrected chi connectivity index (χ1v) is 16.2. The highest BCUT2D eigenvalue weighted by atomic mass is 19.1. The molecule has 0 saturated carbocycles. The summed E-state index contributed by atoms with van der Waals surface area (Å²) in [7, 11) is 0. The third-order valence-corrected chi connectivity index (χ3v) is 7.31. The van der Waals surface area contributed by atoms with Gasteiger partial charge in [0, 0.05) is 60.2 Å². The maximum atomic E-state index is 13.9. The number of nitrogens with one attached hydrogen (secondary N) is 4. The molecule has 0 aliphatic carbocycles. The lowest BCUT2D eigenvalue weighted by Gasteiger charge is -2.12. The van der Waals surface area contributed by atoms with Gasteiger partial charge in [-0.15, -0.1) is 0 Å². The van der Waals surface area contributed by atoms with E-state index in [0.29, 0.717) is 68.3 Å². The van der Waals surface area contributed by atoms with Crippen LogP contribution in [0.1, 0.15) is 39.1 Å². The molecule has 0 unspecified atom stereocenters. The second-order valence-corrected chi connectivity index (χ2v) is 11.1. The third-order valence-electron chi connectivity index (χ3n) is 7.31. The minimum atomic E-state index is -0.737. The quantitative estimate of drug-likeness (QED) is 0.0370. The van der Waals surface area contributed by atoms with Crippen molar-refractivity contribution in [3.05, 3.63) is 125 Å². The van der Waals surface area contributed by atoms with Crippen molar-refractivity contribution in [1.29, 1.82) is 0 Å². The number of anilines is 5. The van der Waals surface area contributed by atoms with E-state index in [4.69, 9.17) is 9.47 Å². The predicted octanol–water partition coefficient (Wildman–Crippen LogP) is 6.38. The number of phenolic OH excluding ortho intramolecular Hbond substituents is 1. The number of carbonyl (C=O) groups is 2. The van der Waals surface area contributed by atoms with Gasteiger partial charge in [0.05, 0.1) is 19.8 Å². The van der Waals surface area contributed by atoms with E-state index in [1.165, 1.54) is 18.2 Å². The number of Topliss-reactive ketones (excluding diaryl/α,β-unsaturated/α-hetero) is 1. The molecule has 14 heteroatoms. The van der Waals surface area contributed by atoms with E-state index in [9.17, 15) is 23.5 Å². The van der Waals surface area contributed by atoms with Gasteiger partial charge >= 0.3 is 0 Å². The smallest absolute Gasteiger partial charge is 0.251 e. The summed E-state index contributed by atoms with van der Waals surface area (Å²) in [6, 6.07) is 25.3. The first kappa shape index (κ1) is 36.3. The van der Waals surface area contributed by atoms with Gasteiger partial charge < -0.3 is 35.8 Å². The SMILES string of the molecule is O=C(CCCOCCOCCNc1nc(Nc2ccc(O)cc2)nc(Nc2ccc(C(=O)NCc3ccc(F)cc3F)cc2)n1)c1ccccc1. The van der Waals surface area contributed by atoms with E-state index >= 15 is 0 Å². The monoisotopic (exact) mass is 697 g/mol. The van der Waals surface area contributed by atoms with Crippen molar-refractivity contribution in [3.63, 3.8) is 0 Å². The summed E-state index contributed by atoms with van der Waals surface area (Å²) in [5, 5.41) is 21.6. The van der Waals surface area contributed by atoms with Gasteiger partial charge in [0.25, 0.3) is 5.91 Å². The molecular formula is C37H37F2N7O5. The average molecular weight is 698 g/mol. The van der Waals surface area contributed by atoms with Crippen molar-refractivity contribution < 1.29 is 33.0 Å². The number of nitrogens with zero attached hydrogens (tertiary/aromatic N) is 3. The standard InChI is InChI=1S/C37H37F2N7O5/c38-28-11-8-27(32(39)23-28)24-41-34(49)26-9-12-29(13-10-26)42-36-44-35(45-37(46-36)43-30-14-16-31(47)17-15-30)40-18-20-51-22-21-50-19-4-7-33(48)25-5-2-1-3-6-25/h1-3,5-6,8-17,23,47H,4,7,18-22,24H2,(H,41,49)(H3,40,42,43,44,45,46). The molecule has 0 atom stereocenters. The zero-order valence-corrected chi connectivity index (χ0v) is 27.6. The average Bonchev–Trinajstić information content (AvgIpc) is 3.13. The molecule has 1 amide bonds. The number of amides is 1. The number of ketones is 1.